The fourth-order valence-electron chi connectivity index (χ4n) is 0. The molecule has 3 nitrogen and oxygen atoms in total. The van der Waals surface area contributed by atoms with Gasteiger partial charge < -0.3 is 11.0 Å². The second-order valence-electron chi connectivity index (χ2n) is 0. The van der Waals surface area contributed by atoms with E-state index in [1.165, 1.54) is 0 Å². The Morgan fingerprint density at radius 2 is 1.00 bits per heavy atom. The number of hydrogen-bond acceptors (Lipinski definition) is 1. The van der Waals surface area contributed by atoms with Crippen LogP contribution in [0.5, 0.6) is 0 Å². The molecule has 0 heterocycles. The van der Waals surface area contributed by atoms with E-state index in [0.717, 1.165) is 0 Å². The van der Waals surface area contributed by atoms with Crippen molar-refractivity contribution in [3.63, 3.8) is 0 Å². The van der Waals surface area contributed by atoms with Crippen LogP contribution >= 0.6 is 0 Å². The normalized spacial score (nSPS) is 0.429. The van der Waals surface area contributed by atoms with E-state index in [2.05, 4.69) is 0 Å². The van der Waals surface area contributed by atoms with Crippen molar-refractivity contribution in [3.8, 4) is 0 Å². The Labute approximate surface area is 111 Å². The summed E-state index contributed by atoms with van der Waals surface area (Å²) < 4.78 is 8.30. The van der Waals surface area contributed by atoms with Gasteiger partial charge in [0.2, 0.25) is 0 Å². The van der Waals surface area contributed by atoms with Crippen molar-refractivity contribution in [2.75, 3.05) is 0 Å². The molecule has 7 heavy (non-hydrogen) atoms. The van der Waals surface area contributed by atoms with Crippen LogP contribution in [0, 0.1) is 35.6 Å². The zero-order valence-corrected chi connectivity index (χ0v) is 12.5. The molecule has 0 amide bonds. The predicted octanol–water partition coefficient (Wildman–Crippen LogP) is -1.78. The molecule has 0 unspecified atom stereocenters. The van der Waals surface area contributed by atoms with Crippen LogP contribution in [0.1, 0.15) is 0 Å². The van der Waals surface area contributed by atoms with Gasteiger partial charge in [0, 0.05) is 78.3 Å². The maximum absolute atomic E-state index is 8.30. The van der Waals surface area contributed by atoms with Gasteiger partial charge in [-0.3, -0.25) is 0 Å². The molecule has 0 aromatic carbocycles. The Morgan fingerprint density at radius 1 is 1.00 bits per heavy atom. The maximum atomic E-state index is 8.30. The van der Waals surface area contributed by atoms with E-state index in [1.54, 1.807) is 0 Å². The molecule has 0 aliphatic carbocycles. The standard InChI is InChI=1S/La.Nb.Ni.2H2O.O.Zr/h;;;2*1H2;;. The summed E-state index contributed by atoms with van der Waals surface area (Å²) in [6.45, 7) is 0. The van der Waals surface area contributed by atoms with Crippen LogP contribution in [0.15, 0.2) is 0 Å². The summed E-state index contributed by atoms with van der Waals surface area (Å²) in [4.78, 5) is 0. The molecule has 0 atom stereocenters. The molecule has 0 saturated carbocycles. The van der Waals surface area contributed by atoms with Crippen LogP contribution in [0.4, 0.5) is 0 Å². The maximum Gasteiger partial charge on any atom is 0 e. The fourth-order valence-corrected chi connectivity index (χ4v) is 0. The minimum Gasteiger partial charge on any atom is 0 e. The van der Waals surface area contributed by atoms with Gasteiger partial charge in [0.1, 0.15) is 0 Å². The second kappa shape index (κ2) is 63.4. The summed E-state index contributed by atoms with van der Waals surface area (Å²) in [5.41, 5.74) is 0. The van der Waals surface area contributed by atoms with Gasteiger partial charge in [-0.25, -0.2) is 0 Å². The van der Waals surface area contributed by atoms with Gasteiger partial charge in [0.25, 0.3) is 0 Å². The van der Waals surface area contributed by atoms with Crippen molar-refractivity contribution in [3.05, 3.63) is 0 Å². The van der Waals surface area contributed by atoms with E-state index in [0.29, 0.717) is 21.0 Å². The summed E-state index contributed by atoms with van der Waals surface area (Å²) >= 11 is 0.500. The zero-order chi connectivity index (χ0) is 2.00. The summed E-state index contributed by atoms with van der Waals surface area (Å²) in [5.74, 6) is 0. The van der Waals surface area contributed by atoms with Gasteiger partial charge in [0.15, 0.2) is 0 Å². The molecule has 0 fully saturated rings. The molecule has 0 spiro atoms. The van der Waals surface area contributed by atoms with E-state index in [-0.39, 0.29) is 89.2 Å². The van der Waals surface area contributed by atoms with Crippen LogP contribution in [0.2, 0.25) is 0 Å². The van der Waals surface area contributed by atoms with Crippen LogP contribution < -0.4 is 0 Å². The Morgan fingerprint density at radius 3 is 1.00 bits per heavy atom. The zero-order valence-electron chi connectivity index (χ0n) is 3.25. The monoisotopic (exact) mass is 432 g/mol. The van der Waals surface area contributed by atoms with Crippen LogP contribution in [0.25, 0.3) is 0 Å². The molecular formula is H4LaNbNiO3Zr. The van der Waals surface area contributed by atoms with Crippen LogP contribution in [-0.4, -0.2) is 11.0 Å². The molecule has 1 radical (unpaired) electrons. The average molecular weight is 434 g/mol. The van der Waals surface area contributed by atoms with Crippen molar-refractivity contribution >= 4 is 0 Å². The van der Waals surface area contributed by atoms with Crippen LogP contribution in [0.3, 0.4) is 0 Å². The van der Waals surface area contributed by atoms with E-state index in [4.69, 9.17) is 3.25 Å². The van der Waals surface area contributed by atoms with Gasteiger partial charge in [-0.1, -0.05) is 0 Å². The van der Waals surface area contributed by atoms with E-state index < -0.39 is 0 Å². The minimum atomic E-state index is 0. The van der Waals surface area contributed by atoms with Gasteiger partial charge in [-0.15, -0.1) is 0 Å². The third-order valence-corrected chi connectivity index (χ3v) is 0. The number of hydrogen-bond donors (Lipinski definition) is 0. The molecule has 0 aromatic rings. The van der Waals surface area contributed by atoms with Gasteiger partial charge >= 0.3 is 24.3 Å². The van der Waals surface area contributed by atoms with Crippen molar-refractivity contribution in [1.29, 1.82) is 0 Å². The van der Waals surface area contributed by atoms with Crippen molar-refractivity contribution in [2.24, 2.45) is 0 Å². The van der Waals surface area contributed by atoms with Gasteiger partial charge in [0.05, 0.1) is 0 Å². The molecule has 0 bridgehead atoms. The SMILES string of the molecule is O.O.[La].[Ni].[O]=[Nb].[Zr]. The molecule has 0 saturated heterocycles. The smallest absolute Gasteiger partial charge is 0 e. The second-order valence-corrected chi connectivity index (χ2v) is 0. The largest absolute Gasteiger partial charge is 0 e. The fraction of sp³-hybridized carbons (Fsp3) is 0. The summed E-state index contributed by atoms with van der Waals surface area (Å²) in [7, 11) is 0. The van der Waals surface area contributed by atoms with Crippen molar-refractivity contribution in [2.45, 2.75) is 0 Å². The summed E-state index contributed by atoms with van der Waals surface area (Å²) in [5, 5.41) is 0. The topological polar surface area (TPSA) is 80.1 Å². The molecule has 0 rings (SSSR count). The van der Waals surface area contributed by atoms with E-state index in [9.17, 15) is 0 Å². The Balaban J connectivity index is -0.000000000500. The molecule has 0 aliphatic heterocycles. The Bertz CT molecular complexity index is 14.9. The molecule has 0 aromatic heterocycles. The third kappa shape index (κ3) is 48.6. The molecule has 4 N–H and O–H groups in total. The molecular weight excluding hydrogens is 430 g/mol. The Kier molecular flexibility index (Phi) is 456. The Hall–Kier alpha value is 3.03. The first-order valence-electron chi connectivity index (χ1n) is 0.183. The average Bonchev–Trinajstić information content (AvgIpc) is 1.00. The van der Waals surface area contributed by atoms with Gasteiger partial charge in [-0.05, 0) is 0 Å². The molecule has 7 heteroatoms. The quantitative estimate of drug-likeness (QED) is 0.416. The van der Waals surface area contributed by atoms with Crippen molar-refractivity contribution < 1.29 is 114 Å². The first kappa shape index (κ1) is 50.3. The van der Waals surface area contributed by atoms with E-state index in [1.807, 2.05) is 0 Å². The minimum absolute atomic E-state index is 0. The third-order valence-electron chi connectivity index (χ3n) is 0. The summed E-state index contributed by atoms with van der Waals surface area (Å²) in [6.07, 6.45) is 0. The van der Waals surface area contributed by atoms with Crippen LogP contribution in [-0.2, 0) is 67.0 Å². The van der Waals surface area contributed by atoms with Gasteiger partial charge in [-0.2, -0.15) is 0 Å². The first-order valence-corrected chi connectivity index (χ1v) is 1.08. The summed E-state index contributed by atoms with van der Waals surface area (Å²) in [6, 6.07) is 0. The van der Waals surface area contributed by atoms with E-state index >= 15 is 0 Å². The van der Waals surface area contributed by atoms with Crippen molar-refractivity contribution in [1.82, 2.24) is 0 Å². The predicted molar refractivity (Wildman–Crippen MR) is 7.91 cm³/mol. The molecule has 44 valence electrons. The first-order chi connectivity index (χ1) is 1.00. The number of rotatable bonds is 0. The molecule has 0 aliphatic rings.